The van der Waals surface area contributed by atoms with Crippen LogP contribution in [0.2, 0.25) is 0 Å². The maximum absolute atomic E-state index is 11.2. The van der Waals surface area contributed by atoms with Gasteiger partial charge >= 0.3 is 5.97 Å². The molecule has 1 heterocycles. The van der Waals surface area contributed by atoms with Gasteiger partial charge < -0.3 is 9.84 Å². The van der Waals surface area contributed by atoms with Crippen LogP contribution in [-0.4, -0.2) is 16.1 Å². The monoisotopic (exact) mass is 348 g/mol. The van der Waals surface area contributed by atoms with E-state index in [0.29, 0.717) is 0 Å². The van der Waals surface area contributed by atoms with E-state index in [1.165, 1.54) is 6.07 Å². The van der Waals surface area contributed by atoms with E-state index in [9.17, 15) is 9.90 Å². The molecule has 0 aliphatic heterocycles. The maximum atomic E-state index is 11.2. The maximum Gasteiger partial charge on any atom is 0.358 e. The van der Waals surface area contributed by atoms with Crippen molar-refractivity contribution in [2.45, 2.75) is 6.61 Å². The number of hydrogen-bond donors (Lipinski definition) is 1. The molecule has 2 rings (SSSR count). The van der Waals surface area contributed by atoms with Gasteiger partial charge in [0.2, 0.25) is 0 Å². The summed E-state index contributed by atoms with van der Waals surface area (Å²) in [5.74, 6) is -1.33. The quantitative estimate of drug-likeness (QED) is 0.380. The third-order valence-corrected chi connectivity index (χ3v) is 2.91. The van der Waals surface area contributed by atoms with Gasteiger partial charge in [-0.1, -0.05) is 35.4 Å². The Morgan fingerprint density at radius 1 is 1.43 bits per heavy atom. The summed E-state index contributed by atoms with van der Waals surface area (Å²) in [5, 5.41) is 12.6. The molecular formula is C13H9BrN4O3. The molecule has 2 aromatic rings. The fourth-order valence-corrected chi connectivity index (χ4v) is 2.02. The van der Waals surface area contributed by atoms with Crippen LogP contribution in [0.1, 0.15) is 16.1 Å². The number of carboxylic acids is 1. The van der Waals surface area contributed by atoms with E-state index in [4.69, 9.17) is 10.3 Å². The number of halogens is 1. The van der Waals surface area contributed by atoms with Crippen molar-refractivity contribution in [3.05, 3.63) is 62.7 Å². The van der Waals surface area contributed by atoms with Gasteiger partial charge in [0.25, 0.3) is 0 Å². The minimum atomic E-state index is -1.27. The first kappa shape index (κ1) is 14.8. The number of aromatic carboxylic acids is 1. The van der Waals surface area contributed by atoms with Gasteiger partial charge in [-0.15, -0.1) is 0 Å². The highest BCUT2D eigenvalue weighted by Gasteiger charge is 2.18. The molecular weight excluding hydrogens is 340 g/mol. The number of carbonyl (C=O) groups is 1. The molecule has 0 fully saturated rings. The van der Waals surface area contributed by atoms with Crippen LogP contribution in [0.3, 0.4) is 0 Å². The number of ether oxygens (including phenoxy) is 1. The summed E-state index contributed by atoms with van der Waals surface area (Å²) in [6.07, 6.45) is 0. The molecule has 0 spiro atoms. The first-order valence-corrected chi connectivity index (χ1v) is 6.56. The van der Waals surface area contributed by atoms with E-state index < -0.39 is 5.97 Å². The fraction of sp³-hybridized carbons (Fsp3) is 0.0769. The highest BCUT2D eigenvalue weighted by Crippen LogP contribution is 2.34. The van der Waals surface area contributed by atoms with Crippen molar-refractivity contribution in [2.24, 2.45) is 5.11 Å². The van der Waals surface area contributed by atoms with Crippen LogP contribution in [0.15, 0.2) is 46.1 Å². The van der Waals surface area contributed by atoms with E-state index in [1.807, 2.05) is 30.3 Å². The number of azide groups is 1. The van der Waals surface area contributed by atoms with Gasteiger partial charge in [-0.25, -0.2) is 9.78 Å². The summed E-state index contributed by atoms with van der Waals surface area (Å²) in [6.45, 7) is 0.137. The fourth-order valence-electron chi connectivity index (χ4n) is 1.63. The Hall–Kier alpha value is -2.57. The normalized spacial score (nSPS) is 9.76. The minimum absolute atomic E-state index is 0.0626. The van der Waals surface area contributed by atoms with Crippen molar-refractivity contribution in [1.29, 1.82) is 0 Å². The van der Waals surface area contributed by atoms with Crippen molar-refractivity contribution in [2.75, 3.05) is 0 Å². The zero-order valence-corrected chi connectivity index (χ0v) is 12.2. The number of hydrogen-bond acceptors (Lipinski definition) is 4. The molecule has 8 heteroatoms. The minimum Gasteiger partial charge on any atom is -0.486 e. The van der Waals surface area contributed by atoms with Gasteiger partial charge in [0.15, 0.2) is 11.4 Å². The van der Waals surface area contributed by atoms with Crippen LogP contribution in [0.4, 0.5) is 5.69 Å². The van der Waals surface area contributed by atoms with E-state index in [0.717, 1.165) is 5.56 Å². The Bertz CT molecular complexity index is 692. The summed E-state index contributed by atoms with van der Waals surface area (Å²) < 4.78 is 5.74. The molecule has 0 atom stereocenters. The van der Waals surface area contributed by atoms with E-state index >= 15 is 0 Å². The molecule has 0 unspecified atom stereocenters. The Balaban J connectivity index is 2.40. The van der Waals surface area contributed by atoms with Gasteiger partial charge in [-0.2, -0.15) is 0 Å². The van der Waals surface area contributed by atoms with Gasteiger partial charge in [-0.05, 0) is 33.1 Å². The lowest BCUT2D eigenvalue weighted by Crippen LogP contribution is -2.06. The molecule has 7 nitrogen and oxygen atoms in total. The van der Waals surface area contributed by atoms with E-state index in [-0.39, 0.29) is 28.3 Å². The number of pyridine rings is 1. The van der Waals surface area contributed by atoms with Crippen molar-refractivity contribution in [1.82, 2.24) is 4.98 Å². The first-order valence-electron chi connectivity index (χ1n) is 5.77. The second kappa shape index (κ2) is 6.74. The molecule has 1 aromatic heterocycles. The highest BCUT2D eigenvalue weighted by atomic mass is 79.9. The summed E-state index contributed by atoms with van der Waals surface area (Å²) in [4.78, 5) is 17.7. The molecule has 0 saturated heterocycles. The van der Waals surface area contributed by atoms with Gasteiger partial charge in [0.1, 0.15) is 11.2 Å². The van der Waals surface area contributed by atoms with Crippen LogP contribution in [0, 0.1) is 0 Å². The highest BCUT2D eigenvalue weighted by molar-refractivity contribution is 9.10. The molecule has 1 aromatic carbocycles. The van der Waals surface area contributed by atoms with E-state index in [1.54, 1.807) is 0 Å². The lowest BCUT2D eigenvalue weighted by Gasteiger charge is -2.11. The Labute approximate surface area is 128 Å². The molecule has 0 saturated carbocycles. The van der Waals surface area contributed by atoms with Crippen molar-refractivity contribution < 1.29 is 14.6 Å². The second-order valence-electron chi connectivity index (χ2n) is 3.91. The van der Waals surface area contributed by atoms with Crippen molar-refractivity contribution in [3.63, 3.8) is 0 Å². The summed E-state index contributed by atoms with van der Waals surface area (Å²) in [5.41, 5.74) is 9.17. The SMILES string of the molecule is [N-]=[N+]=Nc1cc(Br)nc(C(=O)O)c1OCc1ccccc1. The molecule has 0 radical (unpaired) electrons. The number of carboxylic acid groups (broad SMARTS) is 1. The van der Waals surface area contributed by atoms with Crippen LogP contribution in [0.25, 0.3) is 10.4 Å². The van der Waals surface area contributed by atoms with E-state index in [2.05, 4.69) is 30.9 Å². The van der Waals surface area contributed by atoms with Crippen LogP contribution >= 0.6 is 15.9 Å². The number of nitrogens with zero attached hydrogens (tertiary/aromatic N) is 4. The molecule has 1 N–H and O–H groups in total. The lowest BCUT2D eigenvalue weighted by molar-refractivity contribution is 0.0684. The van der Waals surface area contributed by atoms with Crippen molar-refractivity contribution in [3.8, 4) is 5.75 Å². The zero-order chi connectivity index (χ0) is 15.2. The van der Waals surface area contributed by atoms with Crippen LogP contribution in [0.5, 0.6) is 5.75 Å². The molecule has 0 bridgehead atoms. The van der Waals surface area contributed by atoms with Gasteiger partial charge in [-0.3, -0.25) is 0 Å². The lowest BCUT2D eigenvalue weighted by atomic mass is 10.2. The topological polar surface area (TPSA) is 108 Å². The third-order valence-electron chi connectivity index (χ3n) is 2.50. The number of benzene rings is 1. The van der Waals surface area contributed by atoms with Crippen LogP contribution < -0.4 is 4.74 Å². The molecule has 106 valence electrons. The predicted octanol–water partition coefficient (Wildman–Crippen LogP) is 4.06. The largest absolute Gasteiger partial charge is 0.486 e. The molecule has 21 heavy (non-hydrogen) atoms. The van der Waals surface area contributed by atoms with Gasteiger partial charge in [0, 0.05) is 4.91 Å². The third kappa shape index (κ3) is 3.71. The molecule has 0 aliphatic carbocycles. The summed E-state index contributed by atoms with van der Waals surface area (Å²) in [6, 6.07) is 10.6. The van der Waals surface area contributed by atoms with Crippen LogP contribution in [-0.2, 0) is 6.61 Å². The number of rotatable bonds is 5. The Morgan fingerprint density at radius 2 is 2.14 bits per heavy atom. The first-order chi connectivity index (χ1) is 10.1. The average Bonchev–Trinajstić information content (AvgIpc) is 2.47. The summed E-state index contributed by atoms with van der Waals surface area (Å²) >= 11 is 3.07. The smallest absolute Gasteiger partial charge is 0.358 e. The standard InChI is InChI=1S/C13H9BrN4O3/c14-10-6-9(17-18-15)12(11(16-10)13(19)20)21-7-8-4-2-1-3-5-8/h1-6H,7H2,(H,19,20). The Morgan fingerprint density at radius 3 is 2.76 bits per heavy atom. The zero-order valence-electron chi connectivity index (χ0n) is 10.6. The Kier molecular flexibility index (Phi) is 4.76. The van der Waals surface area contributed by atoms with Crippen molar-refractivity contribution >= 4 is 27.6 Å². The van der Waals surface area contributed by atoms with Gasteiger partial charge in [0.05, 0.1) is 5.69 Å². The summed E-state index contributed by atoms with van der Waals surface area (Å²) in [7, 11) is 0. The molecule has 0 aliphatic rings. The predicted molar refractivity (Wildman–Crippen MR) is 78.5 cm³/mol. The average molecular weight is 349 g/mol. The second-order valence-corrected chi connectivity index (χ2v) is 4.72. The molecule has 0 amide bonds. The number of aromatic nitrogens is 1.